The van der Waals surface area contributed by atoms with Crippen molar-refractivity contribution >= 4 is 15.9 Å². The number of nitrogens with one attached hydrogen (secondary N) is 1. The van der Waals surface area contributed by atoms with E-state index in [1.165, 1.54) is 18.4 Å². The average molecular weight is 322 g/mol. The van der Waals surface area contributed by atoms with E-state index in [0.29, 0.717) is 12.5 Å². The Labute approximate surface area is 120 Å². The van der Waals surface area contributed by atoms with Crippen molar-refractivity contribution in [3.63, 3.8) is 0 Å². The lowest BCUT2D eigenvalue weighted by atomic mass is 10.1. The van der Waals surface area contributed by atoms with Crippen LogP contribution in [0.5, 0.6) is 0 Å². The quantitative estimate of drug-likeness (QED) is 0.940. The Morgan fingerprint density at radius 2 is 2.26 bits per heavy atom. The predicted octanol–water partition coefficient (Wildman–Crippen LogP) is 2.72. The molecule has 1 aromatic heterocycles. The number of halogens is 1. The smallest absolute Gasteiger partial charge is 0.228 e. The largest absolute Gasteiger partial charge is 0.339 e. The van der Waals surface area contributed by atoms with E-state index >= 15 is 0 Å². The normalized spacial score (nSPS) is 18.9. The molecular weight excluding hydrogens is 306 g/mol. The van der Waals surface area contributed by atoms with E-state index in [-0.39, 0.29) is 0 Å². The number of nitrogens with zero attached hydrogens (tertiary/aromatic N) is 2. The SMILES string of the molecule is Brc1ccccc1Cc1noc(CC2CCCN2)n1. The topological polar surface area (TPSA) is 51.0 Å². The van der Waals surface area contributed by atoms with E-state index in [1.807, 2.05) is 18.2 Å². The van der Waals surface area contributed by atoms with Gasteiger partial charge in [-0.1, -0.05) is 39.3 Å². The molecule has 1 aromatic carbocycles. The highest BCUT2D eigenvalue weighted by atomic mass is 79.9. The molecule has 0 bridgehead atoms. The third-order valence-corrected chi connectivity index (χ3v) is 4.17. The fourth-order valence-corrected chi connectivity index (χ4v) is 2.82. The van der Waals surface area contributed by atoms with E-state index in [9.17, 15) is 0 Å². The summed E-state index contributed by atoms with van der Waals surface area (Å²) in [6.45, 7) is 1.10. The Bertz CT molecular complexity index is 549. The Morgan fingerprint density at radius 3 is 3.05 bits per heavy atom. The van der Waals surface area contributed by atoms with E-state index < -0.39 is 0 Å². The number of hydrogen-bond donors (Lipinski definition) is 1. The molecule has 0 aliphatic carbocycles. The third-order valence-electron chi connectivity index (χ3n) is 3.40. The van der Waals surface area contributed by atoms with Crippen LogP contribution in [-0.4, -0.2) is 22.7 Å². The van der Waals surface area contributed by atoms with Crippen LogP contribution in [-0.2, 0) is 12.8 Å². The molecule has 1 N–H and O–H groups in total. The zero-order valence-corrected chi connectivity index (χ0v) is 12.2. The van der Waals surface area contributed by atoms with E-state index in [4.69, 9.17) is 4.52 Å². The predicted molar refractivity (Wildman–Crippen MR) is 76.0 cm³/mol. The zero-order valence-electron chi connectivity index (χ0n) is 10.6. The molecule has 19 heavy (non-hydrogen) atoms. The van der Waals surface area contributed by atoms with Gasteiger partial charge in [-0.3, -0.25) is 0 Å². The van der Waals surface area contributed by atoms with Crippen LogP contribution in [0.2, 0.25) is 0 Å². The second-order valence-electron chi connectivity index (χ2n) is 4.87. The van der Waals surface area contributed by atoms with Gasteiger partial charge in [0.1, 0.15) is 0 Å². The fraction of sp³-hybridized carbons (Fsp3) is 0.429. The molecule has 5 heteroatoms. The van der Waals surface area contributed by atoms with Crippen molar-refractivity contribution in [2.24, 2.45) is 0 Å². The lowest BCUT2D eigenvalue weighted by Crippen LogP contribution is -2.23. The van der Waals surface area contributed by atoms with Crippen molar-refractivity contribution < 1.29 is 4.52 Å². The summed E-state index contributed by atoms with van der Waals surface area (Å²) in [5.41, 5.74) is 1.17. The highest BCUT2D eigenvalue weighted by molar-refractivity contribution is 9.10. The van der Waals surface area contributed by atoms with Gasteiger partial charge in [-0.05, 0) is 31.0 Å². The minimum atomic E-state index is 0.497. The summed E-state index contributed by atoms with van der Waals surface area (Å²) in [4.78, 5) is 4.47. The Balaban J connectivity index is 1.66. The summed E-state index contributed by atoms with van der Waals surface area (Å²) in [5, 5.41) is 7.50. The van der Waals surface area contributed by atoms with Crippen molar-refractivity contribution in [3.8, 4) is 0 Å². The molecule has 0 spiro atoms. The van der Waals surface area contributed by atoms with Crippen LogP contribution in [0.1, 0.15) is 30.1 Å². The van der Waals surface area contributed by atoms with Crippen molar-refractivity contribution in [2.75, 3.05) is 6.54 Å². The van der Waals surface area contributed by atoms with Gasteiger partial charge in [0.05, 0.1) is 0 Å². The van der Waals surface area contributed by atoms with E-state index in [2.05, 4.69) is 37.5 Å². The number of rotatable bonds is 4. The Hall–Kier alpha value is -1.20. The summed E-state index contributed by atoms with van der Waals surface area (Å²) in [5.74, 6) is 1.49. The van der Waals surface area contributed by atoms with Crippen LogP contribution in [0.15, 0.2) is 33.3 Å². The van der Waals surface area contributed by atoms with Gasteiger partial charge in [-0.15, -0.1) is 0 Å². The summed E-state index contributed by atoms with van der Waals surface area (Å²) in [6, 6.07) is 8.61. The minimum Gasteiger partial charge on any atom is -0.339 e. The van der Waals surface area contributed by atoms with Gasteiger partial charge in [-0.2, -0.15) is 4.98 Å². The molecular formula is C14H16BrN3O. The molecule has 3 rings (SSSR count). The van der Waals surface area contributed by atoms with E-state index in [1.54, 1.807) is 0 Å². The average Bonchev–Trinajstić information content (AvgIpc) is 3.05. The van der Waals surface area contributed by atoms with Gasteiger partial charge in [0, 0.05) is 23.4 Å². The molecule has 100 valence electrons. The molecule has 2 aromatic rings. The van der Waals surface area contributed by atoms with Crippen LogP contribution in [0.25, 0.3) is 0 Å². The molecule has 1 saturated heterocycles. The van der Waals surface area contributed by atoms with Crippen molar-refractivity contribution in [1.82, 2.24) is 15.5 Å². The first kappa shape index (κ1) is 12.8. The molecule has 1 fully saturated rings. The monoisotopic (exact) mass is 321 g/mol. The van der Waals surface area contributed by atoms with Gasteiger partial charge in [-0.25, -0.2) is 0 Å². The maximum absolute atomic E-state index is 5.32. The molecule has 1 atom stereocenters. The lowest BCUT2D eigenvalue weighted by Gasteiger charge is -2.04. The molecule has 1 aliphatic rings. The summed E-state index contributed by atoms with van der Waals surface area (Å²) < 4.78 is 6.40. The lowest BCUT2D eigenvalue weighted by molar-refractivity contribution is 0.360. The first-order valence-corrected chi connectivity index (χ1v) is 7.39. The van der Waals surface area contributed by atoms with Gasteiger partial charge in [0.25, 0.3) is 0 Å². The highest BCUT2D eigenvalue weighted by Crippen LogP contribution is 2.19. The van der Waals surface area contributed by atoms with Crippen LogP contribution in [0, 0.1) is 0 Å². The fourth-order valence-electron chi connectivity index (χ4n) is 2.40. The molecule has 1 aliphatic heterocycles. The second kappa shape index (κ2) is 5.84. The Morgan fingerprint density at radius 1 is 1.37 bits per heavy atom. The van der Waals surface area contributed by atoms with Gasteiger partial charge >= 0.3 is 0 Å². The molecule has 2 heterocycles. The standard InChI is InChI=1S/C14H16BrN3O/c15-12-6-2-1-4-10(12)8-13-17-14(19-18-13)9-11-5-3-7-16-11/h1-2,4,6,11,16H,3,5,7-9H2. The highest BCUT2D eigenvalue weighted by Gasteiger charge is 2.18. The summed E-state index contributed by atoms with van der Waals surface area (Å²) in [6.07, 6.45) is 3.97. The van der Waals surface area contributed by atoms with Crippen molar-refractivity contribution in [3.05, 3.63) is 46.0 Å². The van der Waals surface area contributed by atoms with Crippen LogP contribution < -0.4 is 5.32 Å². The minimum absolute atomic E-state index is 0.497. The first-order valence-electron chi connectivity index (χ1n) is 6.59. The summed E-state index contributed by atoms with van der Waals surface area (Å²) >= 11 is 3.54. The molecule has 0 radical (unpaired) electrons. The number of hydrogen-bond acceptors (Lipinski definition) is 4. The summed E-state index contributed by atoms with van der Waals surface area (Å²) in [7, 11) is 0. The van der Waals surface area contributed by atoms with E-state index in [0.717, 1.165) is 29.2 Å². The van der Waals surface area contributed by atoms with Crippen LogP contribution in [0.3, 0.4) is 0 Å². The molecule has 4 nitrogen and oxygen atoms in total. The Kier molecular flexibility index (Phi) is 3.94. The van der Waals surface area contributed by atoms with Crippen LogP contribution >= 0.6 is 15.9 Å². The zero-order chi connectivity index (χ0) is 13.1. The molecule has 0 amide bonds. The van der Waals surface area contributed by atoms with Crippen molar-refractivity contribution in [2.45, 2.75) is 31.7 Å². The maximum Gasteiger partial charge on any atom is 0.228 e. The number of benzene rings is 1. The third kappa shape index (κ3) is 3.22. The van der Waals surface area contributed by atoms with Crippen LogP contribution in [0.4, 0.5) is 0 Å². The molecule has 0 saturated carbocycles. The number of aromatic nitrogens is 2. The van der Waals surface area contributed by atoms with Gasteiger partial charge in [0.2, 0.25) is 5.89 Å². The van der Waals surface area contributed by atoms with Gasteiger partial charge in [0.15, 0.2) is 5.82 Å². The second-order valence-corrected chi connectivity index (χ2v) is 5.72. The first-order chi connectivity index (χ1) is 9.31. The van der Waals surface area contributed by atoms with Crippen molar-refractivity contribution in [1.29, 1.82) is 0 Å². The maximum atomic E-state index is 5.32. The molecule has 1 unspecified atom stereocenters. The van der Waals surface area contributed by atoms with Gasteiger partial charge < -0.3 is 9.84 Å².